The third-order valence-corrected chi connectivity index (χ3v) is 12.3. The van der Waals surface area contributed by atoms with Crippen LogP contribution in [0.3, 0.4) is 0 Å². The largest absolute Gasteiger partial charge is 0.456 e. The van der Waals surface area contributed by atoms with Crippen LogP contribution < -0.4 is 4.90 Å². The fraction of sp³-hybridized carbons (Fsp3) is 0. The lowest BCUT2D eigenvalue weighted by atomic mass is 9.88. The van der Waals surface area contributed by atoms with Crippen LogP contribution in [0.5, 0.6) is 0 Å². The fourth-order valence-electron chi connectivity index (χ4n) is 9.38. The fourth-order valence-corrected chi connectivity index (χ4v) is 9.38. The molecule has 0 saturated heterocycles. The smallest absolute Gasteiger partial charge is 0.136 e. The Morgan fingerprint density at radius 2 is 0.714 bits per heavy atom. The van der Waals surface area contributed by atoms with Crippen LogP contribution in [-0.4, -0.2) is 0 Å². The van der Waals surface area contributed by atoms with Gasteiger partial charge in [-0.2, -0.15) is 0 Å². The summed E-state index contributed by atoms with van der Waals surface area (Å²) in [4.78, 5) is 2.39. The van der Waals surface area contributed by atoms with E-state index in [4.69, 9.17) is 8.83 Å². The van der Waals surface area contributed by atoms with E-state index < -0.39 is 0 Å². The molecule has 0 saturated carbocycles. The van der Waals surface area contributed by atoms with Gasteiger partial charge in [0.05, 0.1) is 5.69 Å². The summed E-state index contributed by atoms with van der Waals surface area (Å²) >= 11 is 0. The standard InChI is InChI=1S/C60H39NO2/c1-2-15-41(16-3-1)46-17-4-5-18-48(46)49-19-6-7-20-50(49)51-21-8-11-25-55(51)61(44-34-29-40(30-35-44)43-33-38-53-52-22-9-12-26-56(52)63-59(53)39-43)45-36-31-42(32-37-45)47-24-14-28-58-60(47)54-23-10-13-27-57(54)62-58/h1-39H. The van der Waals surface area contributed by atoms with E-state index in [2.05, 4.69) is 217 Å². The molecule has 0 aliphatic heterocycles. The Balaban J connectivity index is 1.00. The van der Waals surface area contributed by atoms with Gasteiger partial charge in [-0.25, -0.2) is 0 Å². The van der Waals surface area contributed by atoms with E-state index in [1.807, 2.05) is 24.3 Å². The summed E-state index contributed by atoms with van der Waals surface area (Å²) in [6.45, 7) is 0. The monoisotopic (exact) mass is 805 g/mol. The minimum absolute atomic E-state index is 0.889. The molecular formula is C60H39NO2. The predicted octanol–water partition coefficient (Wildman–Crippen LogP) is 17.3. The summed E-state index contributed by atoms with van der Waals surface area (Å²) in [5, 5.41) is 4.51. The number of rotatable bonds is 8. The molecule has 3 heteroatoms. The van der Waals surface area contributed by atoms with Gasteiger partial charge in [0, 0.05) is 38.5 Å². The normalized spacial score (nSPS) is 11.5. The Kier molecular flexibility index (Phi) is 8.83. The van der Waals surface area contributed by atoms with Crippen LogP contribution in [0.15, 0.2) is 245 Å². The van der Waals surface area contributed by atoms with Crippen molar-refractivity contribution in [3.8, 4) is 55.6 Å². The van der Waals surface area contributed by atoms with Crippen LogP contribution in [0, 0.1) is 0 Å². The number of hydrogen-bond donors (Lipinski definition) is 0. The topological polar surface area (TPSA) is 29.5 Å². The van der Waals surface area contributed by atoms with E-state index in [1.165, 1.54) is 22.3 Å². The van der Waals surface area contributed by atoms with Crippen LogP contribution in [0.2, 0.25) is 0 Å². The lowest BCUT2D eigenvalue weighted by Crippen LogP contribution is -2.11. The Morgan fingerprint density at radius 1 is 0.254 bits per heavy atom. The van der Waals surface area contributed by atoms with E-state index in [9.17, 15) is 0 Å². The molecule has 10 aromatic carbocycles. The molecule has 63 heavy (non-hydrogen) atoms. The van der Waals surface area contributed by atoms with Crippen molar-refractivity contribution in [3.05, 3.63) is 237 Å². The second kappa shape index (κ2) is 15.3. The molecule has 0 N–H and O–H groups in total. The van der Waals surface area contributed by atoms with Gasteiger partial charge in [0.15, 0.2) is 0 Å². The van der Waals surface area contributed by atoms with Gasteiger partial charge < -0.3 is 13.7 Å². The molecular weight excluding hydrogens is 767 g/mol. The van der Waals surface area contributed by atoms with Gasteiger partial charge in [-0.1, -0.05) is 176 Å². The lowest BCUT2D eigenvalue weighted by Gasteiger charge is -2.29. The summed E-state index contributed by atoms with van der Waals surface area (Å²) in [5.41, 5.74) is 18.3. The number of nitrogens with zero attached hydrogens (tertiary/aromatic N) is 1. The van der Waals surface area contributed by atoms with Crippen molar-refractivity contribution < 1.29 is 8.83 Å². The van der Waals surface area contributed by atoms with E-state index in [-0.39, 0.29) is 0 Å². The molecule has 0 aliphatic rings. The summed E-state index contributed by atoms with van der Waals surface area (Å²) in [6.07, 6.45) is 0. The molecule has 0 radical (unpaired) electrons. The molecule has 296 valence electrons. The van der Waals surface area contributed by atoms with Crippen molar-refractivity contribution in [2.45, 2.75) is 0 Å². The third kappa shape index (κ3) is 6.38. The van der Waals surface area contributed by atoms with Crippen molar-refractivity contribution in [1.29, 1.82) is 0 Å². The second-order valence-corrected chi connectivity index (χ2v) is 16.0. The van der Waals surface area contributed by atoms with E-state index in [0.717, 1.165) is 94.3 Å². The Bertz CT molecular complexity index is 3620. The van der Waals surface area contributed by atoms with Gasteiger partial charge >= 0.3 is 0 Å². The second-order valence-electron chi connectivity index (χ2n) is 16.0. The molecule has 2 heterocycles. The molecule has 0 atom stereocenters. The molecule has 0 fully saturated rings. The van der Waals surface area contributed by atoms with Gasteiger partial charge in [-0.15, -0.1) is 0 Å². The maximum atomic E-state index is 6.29. The Hall–Kier alpha value is -8.40. The highest BCUT2D eigenvalue weighted by atomic mass is 16.3. The van der Waals surface area contributed by atoms with Crippen molar-refractivity contribution in [1.82, 2.24) is 0 Å². The molecule has 0 bridgehead atoms. The molecule has 0 aliphatic carbocycles. The van der Waals surface area contributed by atoms with Gasteiger partial charge in [0.1, 0.15) is 22.3 Å². The first-order valence-electron chi connectivity index (χ1n) is 21.4. The number of fused-ring (bicyclic) bond motifs is 6. The highest BCUT2D eigenvalue weighted by Gasteiger charge is 2.21. The van der Waals surface area contributed by atoms with Crippen LogP contribution >= 0.6 is 0 Å². The van der Waals surface area contributed by atoms with Crippen LogP contribution in [0.25, 0.3) is 99.5 Å². The zero-order valence-corrected chi connectivity index (χ0v) is 34.3. The number of anilines is 3. The van der Waals surface area contributed by atoms with E-state index in [1.54, 1.807) is 0 Å². The number of benzene rings is 10. The summed E-state index contributed by atoms with van der Waals surface area (Å²) in [5.74, 6) is 0. The zero-order chi connectivity index (χ0) is 41.7. The minimum atomic E-state index is 0.889. The maximum absolute atomic E-state index is 6.29. The zero-order valence-electron chi connectivity index (χ0n) is 34.3. The average molecular weight is 806 g/mol. The van der Waals surface area contributed by atoms with Gasteiger partial charge in [0.2, 0.25) is 0 Å². The van der Waals surface area contributed by atoms with Crippen LogP contribution in [0.4, 0.5) is 17.1 Å². The molecule has 12 aromatic rings. The van der Waals surface area contributed by atoms with Crippen LogP contribution in [-0.2, 0) is 0 Å². The van der Waals surface area contributed by atoms with E-state index in [0.29, 0.717) is 0 Å². The van der Waals surface area contributed by atoms with Crippen molar-refractivity contribution in [2.24, 2.45) is 0 Å². The van der Waals surface area contributed by atoms with Crippen molar-refractivity contribution in [3.63, 3.8) is 0 Å². The maximum Gasteiger partial charge on any atom is 0.136 e. The highest BCUT2D eigenvalue weighted by molar-refractivity contribution is 6.12. The SMILES string of the molecule is c1ccc(-c2ccccc2-c2ccccc2-c2ccccc2N(c2ccc(-c3ccc4c(c3)oc3ccccc34)cc2)c2ccc(-c3cccc4oc5ccccc5c34)cc2)cc1. The van der Waals surface area contributed by atoms with Crippen molar-refractivity contribution in [2.75, 3.05) is 4.90 Å². The van der Waals surface area contributed by atoms with Crippen LogP contribution in [0.1, 0.15) is 0 Å². The molecule has 0 spiro atoms. The Labute approximate surface area is 365 Å². The van der Waals surface area contributed by atoms with Crippen molar-refractivity contribution >= 4 is 60.9 Å². The summed E-state index contributed by atoms with van der Waals surface area (Å²) in [6, 6.07) is 84.2. The number of hydrogen-bond acceptors (Lipinski definition) is 3. The first-order chi connectivity index (χ1) is 31.2. The third-order valence-electron chi connectivity index (χ3n) is 12.3. The van der Waals surface area contributed by atoms with Gasteiger partial charge in [0.25, 0.3) is 0 Å². The number of para-hydroxylation sites is 3. The summed E-state index contributed by atoms with van der Waals surface area (Å²) in [7, 11) is 0. The van der Waals surface area contributed by atoms with E-state index >= 15 is 0 Å². The molecule has 2 aromatic heterocycles. The summed E-state index contributed by atoms with van der Waals surface area (Å²) < 4.78 is 12.6. The highest BCUT2D eigenvalue weighted by Crippen LogP contribution is 2.46. The molecule has 0 unspecified atom stereocenters. The first kappa shape index (κ1) is 36.5. The average Bonchev–Trinajstić information content (AvgIpc) is 3.93. The lowest BCUT2D eigenvalue weighted by molar-refractivity contribution is 0.668. The molecule has 12 rings (SSSR count). The quantitative estimate of drug-likeness (QED) is 0.153. The minimum Gasteiger partial charge on any atom is -0.456 e. The predicted molar refractivity (Wildman–Crippen MR) is 263 cm³/mol. The van der Waals surface area contributed by atoms with Gasteiger partial charge in [-0.05, 0) is 111 Å². The molecule has 3 nitrogen and oxygen atoms in total. The first-order valence-corrected chi connectivity index (χ1v) is 21.4. The Morgan fingerprint density at radius 3 is 1.44 bits per heavy atom. The van der Waals surface area contributed by atoms with Gasteiger partial charge in [-0.3, -0.25) is 0 Å². The molecule has 0 amide bonds. The number of furan rings is 2.